The van der Waals surface area contributed by atoms with E-state index in [9.17, 15) is 8.78 Å². The number of benzene rings is 2. The minimum atomic E-state index is -0.598. The summed E-state index contributed by atoms with van der Waals surface area (Å²) in [6, 6.07) is 19.4. The molecule has 0 aliphatic rings. The summed E-state index contributed by atoms with van der Waals surface area (Å²) in [5.74, 6) is 1.52. The average Bonchev–Trinajstić information content (AvgIpc) is 3.81. The van der Waals surface area contributed by atoms with Crippen LogP contribution in [0.15, 0.2) is 98.1 Å². The molecule has 4 heterocycles. The summed E-state index contributed by atoms with van der Waals surface area (Å²) in [5.41, 5.74) is 1.88. The molecule has 0 saturated carbocycles. The number of nitrogens with one attached hydrogen (secondary N) is 1. The fourth-order valence-corrected chi connectivity index (χ4v) is 3.73. The molecule has 6 aromatic rings. The number of alkyl halides is 1. The number of ether oxygens (including phenoxy) is 4. The molecule has 6 rings (SSSR count). The first kappa shape index (κ1) is 35.8. The van der Waals surface area contributed by atoms with E-state index in [2.05, 4.69) is 35.2 Å². The van der Waals surface area contributed by atoms with Gasteiger partial charge < -0.3 is 20.4 Å². The maximum absolute atomic E-state index is 13.1. The second kappa shape index (κ2) is 19.0. The first-order valence-electron chi connectivity index (χ1n) is 13.1. The predicted octanol–water partition coefficient (Wildman–Crippen LogP) is 3.34. The Bertz CT molecular complexity index is 1740. The number of rotatable bonds is 9. The van der Waals surface area contributed by atoms with Crippen molar-refractivity contribution in [1.29, 1.82) is 0 Å². The van der Waals surface area contributed by atoms with E-state index < -0.39 is 11.9 Å². The van der Waals surface area contributed by atoms with E-state index in [4.69, 9.17) is 30.5 Å². The van der Waals surface area contributed by atoms with E-state index in [0.717, 1.165) is 11.1 Å². The van der Waals surface area contributed by atoms with Crippen LogP contribution in [0, 0.1) is 11.9 Å². The van der Waals surface area contributed by atoms with Crippen LogP contribution in [0.1, 0.15) is 12.6 Å². The number of halogens is 3. The Morgan fingerprint density at radius 2 is 1.35 bits per heavy atom. The van der Waals surface area contributed by atoms with Crippen molar-refractivity contribution in [2.75, 3.05) is 14.2 Å². The van der Waals surface area contributed by atoms with Gasteiger partial charge in [0.15, 0.2) is 23.0 Å². The van der Waals surface area contributed by atoms with Crippen molar-refractivity contribution in [1.82, 2.24) is 39.9 Å². The number of methoxy groups -OCH3 is 2. The van der Waals surface area contributed by atoms with Crippen molar-refractivity contribution in [2.24, 2.45) is 0 Å². The van der Waals surface area contributed by atoms with Crippen molar-refractivity contribution in [3.05, 3.63) is 121 Å². The molecule has 0 aliphatic heterocycles. The summed E-state index contributed by atoms with van der Waals surface area (Å²) in [6.07, 6.45) is 6.07. The molecule has 234 valence electrons. The molecule has 1 N–H and O–H groups in total. The molecule has 46 heavy (non-hydrogen) atoms. The summed E-state index contributed by atoms with van der Waals surface area (Å²) in [6.45, 7) is 0.564. The zero-order valence-electron chi connectivity index (χ0n) is 26.0. The Hall–Kier alpha value is -4.63. The molecule has 0 radical (unpaired) electrons. The second-order valence-corrected chi connectivity index (χ2v) is 8.92. The maximum Gasteiger partial charge on any atom is 1.00 e. The minimum Gasteiger partial charge on any atom is -1.00 e. The largest absolute Gasteiger partial charge is 1.00 e. The summed E-state index contributed by atoms with van der Waals surface area (Å²) in [4.78, 5) is 14.7. The molecule has 0 spiro atoms. The third-order valence-electron chi connectivity index (χ3n) is 5.56. The Balaban J connectivity index is 0.000000277. The van der Waals surface area contributed by atoms with Gasteiger partial charge in [-0.3, -0.25) is 5.10 Å². The predicted molar refractivity (Wildman–Crippen MR) is 161 cm³/mol. The zero-order valence-corrected chi connectivity index (χ0v) is 27.8. The third kappa shape index (κ3) is 11.4. The van der Waals surface area contributed by atoms with Crippen LogP contribution in [0.2, 0.25) is 0 Å². The number of pyridine rings is 2. The van der Waals surface area contributed by atoms with Crippen LogP contribution in [0.4, 0.5) is 8.78 Å². The molecular formula is C30H28ClF2N8NaO4. The van der Waals surface area contributed by atoms with Gasteiger partial charge in [0.1, 0.15) is 25.3 Å². The molecule has 0 saturated heterocycles. The number of nitrogens with zero attached hydrogens (tertiary/aromatic N) is 7. The quantitative estimate of drug-likeness (QED) is 0.140. The summed E-state index contributed by atoms with van der Waals surface area (Å²) >= 11 is 5.73. The van der Waals surface area contributed by atoms with Crippen LogP contribution in [-0.2, 0) is 12.4 Å². The van der Waals surface area contributed by atoms with E-state index in [1.54, 1.807) is 48.5 Å². The summed E-state index contributed by atoms with van der Waals surface area (Å²) in [7, 11) is 3.07. The van der Waals surface area contributed by atoms with Crippen molar-refractivity contribution in [3.63, 3.8) is 0 Å². The van der Waals surface area contributed by atoms with Gasteiger partial charge in [0.2, 0.25) is 23.7 Å². The Labute approximate surface area is 291 Å². The van der Waals surface area contributed by atoms with Gasteiger partial charge in [-0.15, -0.1) is 11.6 Å². The number of aromatic nitrogens is 8. The van der Waals surface area contributed by atoms with Gasteiger partial charge >= 0.3 is 29.6 Å². The van der Waals surface area contributed by atoms with E-state index >= 15 is 0 Å². The number of aromatic amines is 1. The van der Waals surface area contributed by atoms with Crippen molar-refractivity contribution >= 4 is 11.6 Å². The monoisotopic (exact) mass is 660 g/mol. The van der Waals surface area contributed by atoms with Crippen LogP contribution in [-0.4, -0.2) is 54.1 Å². The van der Waals surface area contributed by atoms with Crippen molar-refractivity contribution in [3.8, 4) is 34.8 Å². The Morgan fingerprint density at radius 1 is 0.761 bits per heavy atom. The number of hydrogen-bond acceptors (Lipinski definition) is 10. The minimum absolute atomic E-state index is 0. The fraction of sp³-hybridized carbons (Fsp3) is 0.133. The molecule has 0 aliphatic carbocycles. The van der Waals surface area contributed by atoms with Crippen molar-refractivity contribution in [2.45, 2.75) is 12.4 Å². The molecule has 0 amide bonds. The van der Waals surface area contributed by atoms with Gasteiger partial charge in [-0.1, -0.05) is 24.3 Å². The standard InChI is InChI=1S/C15H13FN4O2.C13H11ClFNO2.C2H3N3.Na.H/c1-21-13-7-11(8-20-10-17-9-18-20)5-6-12(13)22-15-4-2-3-14(16)19-15;1-17-11-7-9(8-14)5-6-10(11)18-13-4-2-3-12(15)16-13;1-3-2-5-4-1;;/h2-7,9-10H,8H2,1H3;2-7H,8H2,1H3;1-2H,(H,3,4,5);;/q;;;+1;-1. The normalized spacial score (nSPS) is 9.85. The molecule has 16 heteroatoms. The van der Waals surface area contributed by atoms with Crippen LogP contribution in [0.3, 0.4) is 0 Å². The fourth-order valence-electron chi connectivity index (χ4n) is 3.56. The molecule has 4 aromatic heterocycles. The van der Waals surface area contributed by atoms with Crippen LogP contribution < -0.4 is 48.5 Å². The second-order valence-electron chi connectivity index (χ2n) is 8.65. The third-order valence-corrected chi connectivity index (χ3v) is 5.87. The van der Waals surface area contributed by atoms with Gasteiger partial charge in [-0.05, 0) is 47.5 Å². The first-order valence-corrected chi connectivity index (χ1v) is 13.6. The number of hydrogen-bond donors (Lipinski definition) is 1. The van der Waals surface area contributed by atoms with Gasteiger partial charge in [-0.2, -0.15) is 28.9 Å². The van der Waals surface area contributed by atoms with Crippen LogP contribution in [0.25, 0.3) is 0 Å². The molecule has 0 atom stereocenters. The molecule has 0 bridgehead atoms. The van der Waals surface area contributed by atoms with Gasteiger partial charge in [-0.25, -0.2) is 14.6 Å². The summed E-state index contributed by atoms with van der Waals surface area (Å²) < 4.78 is 49.2. The van der Waals surface area contributed by atoms with Crippen molar-refractivity contribution < 1.29 is 58.7 Å². The Morgan fingerprint density at radius 3 is 1.78 bits per heavy atom. The Kier molecular flexibility index (Phi) is 14.8. The summed E-state index contributed by atoms with van der Waals surface area (Å²) in [5, 5.41) is 10.0. The average molecular weight is 661 g/mol. The van der Waals surface area contributed by atoms with Gasteiger partial charge in [0.25, 0.3) is 0 Å². The van der Waals surface area contributed by atoms with E-state index in [1.807, 2.05) is 18.2 Å². The zero-order chi connectivity index (χ0) is 31.9. The smallest absolute Gasteiger partial charge is 1.00 e. The van der Waals surface area contributed by atoms with E-state index in [1.165, 1.54) is 50.4 Å². The van der Waals surface area contributed by atoms with Crippen LogP contribution >= 0.6 is 11.6 Å². The molecule has 12 nitrogen and oxygen atoms in total. The maximum atomic E-state index is 13.1. The topological polar surface area (TPSA) is 135 Å². The molecule has 0 unspecified atom stereocenters. The number of H-pyrrole nitrogens is 1. The van der Waals surface area contributed by atoms with Gasteiger partial charge in [0, 0.05) is 18.0 Å². The molecule has 2 aromatic carbocycles. The molecular weight excluding hydrogens is 633 g/mol. The van der Waals surface area contributed by atoms with E-state index in [-0.39, 0.29) is 42.7 Å². The van der Waals surface area contributed by atoms with Gasteiger partial charge in [0.05, 0.1) is 20.8 Å². The first-order chi connectivity index (χ1) is 22.0. The SMILES string of the molecule is COc1cc(CCl)ccc1Oc1cccc(F)n1.COc1cc(Cn2cncn2)ccc1Oc1cccc(F)n1.[H-].[Na+].c1nc[nH]n1. The van der Waals surface area contributed by atoms with Crippen LogP contribution in [0.5, 0.6) is 34.8 Å². The van der Waals surface area contributed by atoms with E-state index in [0.29, 0.717) is 35.4 Å². The molecule has 0 fully saturated rings.